The zero-order chi connectivity index (χ0) is 14.5. The Labute approximate surface area is 115 Å². The van der Waals surface area contributed by atoms with Crippen molar-refractivity contribution in [1.82, 2.24) is 8.61 Å². The van der Waals surface area contributed by atoms with E-state index < -0.39 is 10.2 Å². The first-order valence-electron chi connectivity index (χ1n) is 6.16. The van der Waals surface area contributed by atoms with Crippen LogP contribution in [0.3, 0.4) is 0 Å². The van der Waals surface area contributed by atoms with Crippen molar-refractivity contribution in [2.45, 2.75) is 20.4 Å². The number of benzene rings is 1. The predicted octanol–water partition coefficient (Wildman–Crippen LogP) is 1.58. The molecule has 0 N–H and O–H groups in total. The summed E-state index contributed by atoms with van der Waals surface area (Å²) in [7, 11) is -1.89. The van der Waals surface area contributed by atoms with E-state index in [9.17, 15) is 8.42 Å². The Morgan fingerprint density at radius 2 is 1.89 bits per heavy atom. The van der Waals surface area contributed by atoms with Gasteiger partial charge in [0.25, 0.3) is 10.2 Å². The van der Waals surface area contributed by atoms with Crippen LogP contribution in [0.15, 0.2) is 24.3 Å². The molecule has 0 saturated heterocycles. The highest BCUT2D eigenvalue weighted by molar-refractivity contribution is 7.86. The van der Waals surface area contributed by atoms with E-state index >= 15 is 0 Å². The summed E-state index contributed by atoms with van der Waals surface area (Å²) in [5.41, 5.74) is 1.34. The van der Waals surface area contributed by atoms with E-state index in [-0.39, 0.29) is 6.54 Å². The Morgan fingerprint density at radius 1 is 1.26 bits per heavy atom. The van der Waals surface area contributed by atoms with Gasteiger partial charge in [0.1, 0.15) is 0 Å². The average Bonchev–Trinajstić information content (AvgIpc) is 2.40. The molecule has 1 aromatic carbocycles. The quantitative estimate of drug-likeness (QED) is 0.795. The van der Waals surface area contributed by atoms with Crippen molar-refractivity contribution in [3.63, 3.8) is 0 Å². The number of hydrogen-bond acceptors (Lipinski definition) is 3. The molecule has 0 atom stereocenters. The van der Waals surface area contributed by atoms with Gasteiger partial charge >= 0.3 is 0 Å². The smallest absolute Gasteiger partial charge is 0.195 e. The standard InChI is InChI=1S/C13H19N3O2S/c1-4-16(5-2)19(17,18)15(3)11-13-8-6-7-12(9-13)10-14/h6-9H,4-5,11H2,1-3H3. The molecule has 0 saturated carbocycles. The highest BCUT2D eigenvalue weighted by Crippen LogP contribution is 2.12. The van der Waals surface area contributed by atoms with Gasteiger partial charge in [-0.05, 0) is 17.7 Å². The predicted molar refractivity (Wildman–Crippen MR) is 74.5 cm³/mol. The first-order chi connectivity index (χ1) is 8.95. The second-order valence-electron chi connectivity index (χ2n) is 4.16. The van der Waals surface area contributed by atoms with Crippen molar-refractivity contribution in [1.29, 1.82) is 5.26 Å². The zero-order valence-corrected chi connectivity index (χ0v) is 12.3. The van der Waals surface area contributed by atoms with E-state index in [1.165, 1.54) is 8.61 Å². The SMILES string of the molecule is CCN(CC)S(=O)(=O)N(C)Cc1cccc(C#N)c1. The summed E-state index contributed by atoms with van der Waals surface area (Å²) in [5.74, 6) is 0. The molecule has 0 radical (unpaired) electrons. The molecule has 1 rings (SSSR count). The highest BCUT2D eigenvalue weighted by atomic mass is 32.2. The second kappa shape index (κ2) is 6.66. The Morgan fingerprint density at radius 3 is 2.42 bits per heavy atom. The summed E-state index contributed by atoms with van der Waals surface area (Å²) in [5, 5.41) is 8.83. The molecule has 0 heterocycles. The zero-order valence-electron chi connectivity index (χ0n) is 11.5. The summed E-state index contributed by atoms with van der Waals surface area (Å²) in [6.07, 6.45) is 0. The van der Waals surface area contributed by atoms with Gasteiger partial charge < -0.3 is 0 Å². The monoisotopic (exact) mass is 281 g/mol. The minimum absolute atomic E-state index is 0.258. The minimum atomic E-state index is -3.44. The van der Waals surface area contributed by atoms with Gasteiger partial charge in [0.15, 0.2) is 0 Å². The Hall–Kier alpha value is -1.42. The summed E-state index contributed by atoms with van der Waals surface area (Å²) < 4.78 is 27.2. The maximum Gasteiger partial charge on any atom is 0.282 e. The molecule has 0 aliphatic heterocycles. The van der Waals surface area contributed by atoms with Gasteiger partial charge in [-0.1, -0.05) is 26.0 Å². The lowest BCUT2D eigenvalue weighted by Gasteiger charge is -2.25. The van der Waals surface area contributed by atoms with Gasteiger partial charge in [0.05, 0.1) is 11.6 Å². The van der Waals surface area contributed by atoms with Crippen molar-refractivity contribution >= 4 is 10.2 Å². The van der Waals surface area contributed by atoms with Crippen LogP contribution in [0.2, 0.25) is 0 Å². The first-order valence-corrected chi connectivity index (χ1v) is 7.55. The fraction of sp³-hybridized carbons (Fsp3) is 0.462. The van der Waals surface area contributed by atoms with Crippen molar-refractivity contribution in [2.75, 3.05) is 20.1 Å². The molecule has 6 heteroatoms. The summed E-state index contributed by atoms with van der Waals surface area (Å²) in [6.45, 7) is 4.77. The third kappa shape index (κ3) is 3.77. The molecular weight excluding hydrogens is 262 g/mol. The van der Waals surface area contributed by atoms with Gasteiger partial charge in [0.2, 0.25) is 0 Å². The van der Waals surface area contributed by atoms with Crippen LogP contribution in [0, 0.1) is 11.3 Å². The van der Waals surface area contributed by atoms with E-state index in [0.29, 0.717) is 18.7 Å². The normalized spacial score (nSPS) is 11.8. The number of hydrogen-bond donors (Lipinski definition) is 0. The van der Waals surface area contributed by atoms with Crippen molar-refractivity contribution in [3.05, 3.63) is 35.4 Å². The van der Waals surface area contributed by atoms with Gasteiger partial charge in [-0.25, -0.2) is 0 Å². The maximum absolute atomic E-state index is 12.2. The summed E-state index contributed by atoms with van der Waals surface area (Å²) >= 11 is 0. The fourth-order valence-electron chi connectivity index (χ4n) is 1.82. The van der Waals surface area contributed by atoms with Crippen LogP contribution in [0.25, 0.3) is 0 Å². The summed E-state index contributed by atoms with van der Waals surface area (Å²) in [4.78, 5) is 0. The van der Waals surface area contributed by atoms with Crippen molar-refractivity contribution in [2.24, 2.45) is 0 Å². The van der Waals surface area contributed by atoms with Gasteiger partial charge in [-0.3, -0.25) is 0 Å². The molecule has 0 bridgehead atoms. The second-order valence-corrected chi connectivity index (χ2v) is 6.20. The Kier molecular flexibility index (Phi) is 5.48. The fourth-order valence-corrected chi connectivity index (χ4v) is 3.18. The third-order valence-electron chi connectivity index (χ3n) is 2.89. The molecule has 0 fully saturated rings. The molecular formula is C13H19N3O2S. The van der Waals surface area contributed by atoms with E-state index in [4.69, 9.17) is 5.26 Å². The molecule has 0 aromatic heterocycles. The van der Waals surface area contributed by atoms with Crippen LogP contribution < -0.4 is 0 Å². The van der Waals surface area contributed by atoms with Gasteiger partial charge in [0, 0.05) is 26.7 Å². The third-order valence-corrected chi connectivity index (χ3v) is 4.97. The number of rotatable bonds is 6. The van der Waals surface area contributed by atoms with Crippen LogP contribution in [-0.4, -0.2) is 37.2 Å². The lowest BCUT2D eigenvalue weighted by Crippen LogP contribution is -2.41. The first kappa shape index (κ1) is 15.6. The molecule has 1 aromatic rings. The summed E-state index contributed by atoms with van der Waals surface area (Å²) in [6, 6.07) is 9.02. The van der Waals surface area contributed by atoms with E-state index in [2.05, 4.69) is 0 Å². The van der Waals surface area contributed by atoms with Crippen LogP contribution >= 0.6 is 0 Å². The van der Waals surface area contributed by atoms with Crippen molar-refractivity contribution in [3.8, 4) is 6.07 Å². The molecule has 104 valence electrons. The highest BCUT2D eigenvalue weighted by Gasteiger charge is 2.24. The van der Waals surface area contributed by atoms with Gasteiger partial charge in [-0.15, -0.1) is 0 Å². The van der Waals surface area contributed by atoms with Gasteiger partial charge in [-0.2, -0.15) is 22.3 Å². The van der Waals surface area contributed by atoms with Crippen LogP contribution in [-0.2, 0) is 16.8 Å². The Bertz CT molecular complexity index is 559. The lowest BCUT2D eigenvalue weighted by molar-refractivity contribution is 0.375. The molecule has 0 unspecified atom stereocenters. The number of nitrogens with zero attached hydrogens (tertiary/aromatic N) is 3. The Balaban J connectivity index is 2.90. The van der Waals surface area contributed by atoms with E-state index in [1.54, 1.807) is 25.2 Å². The molecule has 0 spiro atoms. The van der Waals surface area contributed by atoms with Crippen LogP contribution in [0.5, 0.6) is 0 Å². The van der Waals surface area contributed by atoms with Crippen LogP contribution in [0.1, 0.15) is 25.0 Å². The molecule has 5 nitrogen and oxygen atoms in total. The molecule has 0 aliphatic rings. The van der Waals surface area contributed by atoms with E-state index in [0.717, 1.165) is 5.56 Å². The number of nitriles is 1. The maximum atomic E-state index is 12.2. The minimum Gasteiger partial charge on any atom is -0.195 e. The topological polar surface area (TPSA) is 64.4 Å². The molecule has 0 amide bonds. The average molecular weight is 281 g/mol. The van der Waals surface area contributed by atoms with Crippen molar-refractivity contribution < 1.29 is 8.42 Å². The molecule has 0 aliphatic carbocycles. The molecule has 19 heavy (non-hydrogen) atoms. The van der Waals surface area contributed by atoms with Crippen LogP contribution in [0.4, 0.5) is 0 Å². The largest absolute Gasteiger partial charge is 0.282 e. The lowest BCUT2D eigenvalue weighted by atomic mass is 10.1. The van der Waals surface area contributed by atoms with E-state index in [1.807, 2.05) is 26.0 Å².